The predicted molar refractivity (Wildman–Crippen MR) is 88.4 cm³/mol. The van der Waals surface area contributed by atoms with Gasteiger partial charge in [0.15, 0.2) is 0 Å². The Morgan fingerprint density at radius 1 is 0.920 bits per heavy atom. The second kappa shape index (κ2) is 9.86. The fourth-order valence-corrected chi connectivity index (χ4v) is 1.88. The average molecular weight is 352 g/mol. The molecule has 1 rings (SSSR count). The summed E-state index contributed by atoms with van der Waals surface area (Å²) in [7, 11) is 0. The smallest absolute Gasteiger partial charge is 0.336 e. The average Bonchev–Trinajstić information content (AvgIpc) is 2.51. The number of unbranched alkanes of at least 4 members (excludes halogenated alkanes) is 1. The second-order valence-corrected chi connectivity index (χ2v) is 5.12. The van der Waals surface area contributed by atoms with E-state index in [4.69, 9.17) is 20.4 Å². The summed E-state index contributed by atoms with van der Waals surface area (Å²) in [6.07, 6.45) is 1.56. The first-order valence-corrected chi connectivity index (χ1v) is 7.29. The van der Waals surface area contributed by atoms with Gasteiger partial charge in [-0.15, -0.1) is 0 Å². The van der Waals surface area contributed by atoms with Gasteiger partial charge >= 0.3 is 23.9 Å². The molecule has 4 N–H and O–H groups in total. The molecule has 0 radical (unpaired) electrons. The van der Waals surface area contributed by atoms with Crippen LogP contribution >= 0.6 is 0 Å². The van der Waals surface area contributed by atoms with Gasteiger partial charge in [0.05, 0.1) is 16.7 Å². The predicted octanol–water partition coefficient (Wildman–Crippen LogP) is 2.77. The van der Waals surface area contributed by atoms with Crippen LogP contribution in [0.1, 0.15) is 63.3 Å². The van der Waals surface area contributed by atoms with Crippen LogP contribution in [0.4, 0.5) is 0 Å². The van der Waals surface area contributed by atoms with Crippen LogP contribution in [0.25, 0.3) is 0 Å². The third-order valence-electron chi connectivity index (χ3n) is 3.13. The molecule has 0 saturated carbocycles. The molecule has 8 heteroatoms. The van der Waals surface area contributed by atoms with Gasteiger partial charge in [-0.05, 0) is 37.5 Å². The molecule has 0 aromatic heterocycles. The summed E-state index contributed by atoms with van der Waals surface area (Å²) < 4.78 is 0. The first-order chi connectivity index (χ1) is 11.5. The Morgan fingerprint density at radius 3 is 1.68 bits per heavy atom. The fraction of sp³-hybridized carbons (Fsp3) is 0.294. The van der Waals surface area contributed by atoms with Crippen molar-refractivity contribution in [3.8, 4) is 0 Å². The van der Waals surface area contributed by atoms with Crippen molar-refractivity contribution in [1.29, 1.82) is 0 Å². The number of aliphatic carboxylic acids is 1. The van der Waals surface area contributed by atoms with Gasteiger partial charge in [-0.3, -0.25) is 0 Å². The molecule has 25 heavy (non-hydrogen) atoms. The van der Waals surface area contributed by atoms with Crippen LogP contribution in [0.3, 0.4) is 0 Å². The number of benzene rings is 1. The van der Waals surface area contributed by atoms with Crippen LogP contribution in [-0.2, 0) is 11.2 Å². The zero-order chi connectivity index (χ0) is 19.7. The number of rotatable bonds is 7. The van der Waals surface area contributed by atoms with Crippen molar-refractivity contribution in [1.82, 2.24) is 0 Å². The van der Waals surface area contributed by atoms with Crippen molar-refractivity contribution >= 4 is 23.9 Å². The number of carbonyl (C=O) groups is 4. The van der Waals surface area contributed by atoms with Gasteiger partial charge < -0.3 is 20.4 Å². The molecular formula is C17H20O8. The molecule has 0 fully saturated rings. The van der Waals surface area contributed by atoms with E-state index in [0.29, 0.717) is 6.42 Å². The first-order valence-electron chi connectivity index (χ1n) is 7.29. The van der Waals surface area contributed by atoms with Gasteiger partial charge in [0.25, 0.3) is 0 Å². The third kappa shape index (κ3) is 6.46. The SMILES string of the molecule is C=C(C)C(=O)O.CCCCc1c(C(=O)O)ccc(C(=O)O)c1C(=O)O. The summed E-state index contributed by atoms with van der Waals surface area (Å²) in [4.78, 5) is 43.0. The van der Waals surface area contributed by atoms with E-state index in [9.17, 15) is 19.2 Å². The summed E-state index contributed by atoms with van der Waals surface area (Å²) in [5.41, 5.74) is -0.725. The standard InChI is InChI=1S/C13H14O6.C4H6O2/c1-2-3-4-7-8(11(14)15)5-6-9(12(16)17)10(7)13(18)19;1-3(2)4(5)6/h5-6H,2-4H2,1H3,(H,14,15)(H,16,17)(H,18,19);1H2,2H3,(H,5,6). The Morgan fingerprint density at radius 2 is 1.36 bits per heavy atom. The molecule has 0 atom stereocenters. The quantitative estimate of drug-likeness (QED) is 0.547. The highest BCUT2D eigenvalue weighted by molar-refractivity contribution is 6.05. The lowest BCUT2D eigenvalue weighted by molar-refractivity contribution is -0.132. The topological polar surface area (TPSA) is 149 Å². The second-order valence-electron chi connectivity index (χ2n) is 5.12. The molecule has 0 aliphatic carbocycles. The minimum Gasteiger partial charge on any atom is -0.478 e. The van der Waals surface area contributed by atoms with E-state index in [-0.39, 0.29) is 28.7 Å². The minimum absolute atomic E-state index is 0.0711. The minimum atomic E-state index is -1.42. The zero-order valence-electron chi connectivity index (χ0n) is 13.9. The van der Waals surface area contributed by atoms with E-state index in [1.54, 1.807) is 0 Å². The van der Waals surface area contributed by atoms with E-state index in [1.807, 2.05) is 6.92 Å². The molecule has 136 valence electrons. The van der Waals surface area contributed by atoms with Gasteiger partial charge in [-0.1, -0.05) is 19.9 Å². The zero-order valence-corrected chi connectivity index (χ0v) is 13.9. The summed E-state index contributed by atoms with van der Waals surface area (Å²) in [6, 6.07) is 2.16. The van der Waals surface area contributed by atoms with Crippen molar-refractivity contribution in [2.75, 3.05) is 0 Å². The van der Waals surface area contributed by atoms with Crippen molar-refractivity contribution in [3.05, 3.63) is 46.5 Å². The Bertz CT molecular complexity index is 691. The first kappa shape index (κ1) is 21.8. The fourth-order valence-electron chi connectivity index (χ4n) is 1.88. The lowest BCUT2D eigenvalue weighted by Gasteiger charge is -2.12. The summed E-state index contributed by atoms with van der Waals surface area (Å²) >= 11 is 0. The molecule has 0 amide bonds. The number of hydrogen-bond donors (Lipinski definition) is 4. The molecule has 0 bridgehead atoms. The van der Waals surface area contributed by atoms with Crippen LogP contribution in [0, 0.1) is 0 Å². The molecule has 1 aromatic carbocycles. The maximum Gasteiger partial charge on any atom is 0.336 e. The number of hydrogen-bond acceptors (Lipinski definition) is 4. The molecule has 0 aliphatic rings. The summed E-state index contributed by atoms with van der Waals surface area (Å²) in [5.74, 6) is -5.00. The molecule has 0 aliphatic heterocycles. The molecule has 8 nitrogen and oxygen atoms in total. The van der Waals surface area contributed by atoms with Gasteiger partial charge in [-0.2, -0.15) is 0 Å². The van der Waals surface area contributed by atoms with Gasteiger partial charge in [-0.25, -0.2) is 19.2 Å². The monoisotopic (exact) mass is 352 g/mol. The van der Waals surface area contributed by atoms with E-state index in [2.05, 4.69) is 6.58 Å². The molecule has 1 aromatic rings. The summed E-state index contributed by atoms with van der Waals surface area (Å²) in [6.45, 7) is 6.48. The summed E-state index contributed by atoms with van der Waals surface area (Å²) in [5, 5.41) is 35.1. The van der Waals surface area contributed by atoms with Crippen molar-refractivity contribution in [2.45, 2.75) is 33.1 Å². The Hall–Kier alpha value is -3.16. The number of carboxylic acids is 4. The van der Waals surface area contributed by atoms with E-state index in [1.165, 1.54) is 6.92 Å². The molecular weight excluding hydrogens is 332 g/mol. The van der Waals surface area contributed by atoms with E-state index >= 15 is 0 Å². The molecule has 0 heterocycles. The van der Waals surface area contributed by atoms with Gasteiger partial charge in [0.1, 0.15) is 0 Å². The van der Waals surface area contributed by atoms with Crippen molar-refractivity contribution < 1.29 is 39.6 Å². The third-order valence-corrected chi connectivity index (χ3v) is 3.13. The van der Waals surface area contributed by atoms with E-state index < -0.39 is 29.4 Å². The van der Waals surface area contributed by atoms with Crippen LogP contribution in [0.2, 0.25) is 0 Å². The van der Waals surface area contributed by atoms with Crippen LogP contribution in [-0.4, -0.2) is 44.3 Å². The highest BCUT2D eigenvalue weighted by Crippen LogP contribution is 2.22. The normalized spacial score (nSPS) is 9.52. The maximum atomic E-state index is 11.2. The lowest BCUT2D eigenvalue weighted by Crippen LogP contribution is -2.16. The lowest BCUT2D eigenvalue weighted by atomic mass is 9.92. The maximum absolute atomic E-state index is 11.2. The Kier molecular flexibility index (Phi) is 8.62. The number of aromatic carboxylic acids is 3. The van der Waals surface area contributed by atoms with Crippen molar-refractivity contribution in [2.24, 2.45) is 0 Å². The highest BCUT2D eigenvalue weighted by atomic mass is 16.4. The van der Waals surface area contributed by atoms with Crippen molar-refractivity contribution in [3.63, 3.8) is 0 Å². The Labute approximate surface area is 144 Å². The van der Waals surface area contributed by atoms with Crippen LogP contribution < -0.4 is 0 Å². The molecule has 0 spiro atoms. The van der Waals surface area contributed by atoms with E-state index in [0.717, 1.165) is 18.6 Å². The highest BCUT2D eigenvalue weighted by Gasteiger charge is 2.24. The molecule has 0 saturated heterocycles. The molecule has 0 unspecified atom stereocenters. The van der Waals surface area contributed by atoms with Gasteiger partial charge in [0, 0.05) is 5.57 Å². The van der Waals surface area contributed by atoms with Crippen LogP contribution in [0.5, 0.6) is 0 Å². The van der Waals surface area contributed by atoms with Crippen LogP contribution in [0.15, 0.2) is 24.3 Å². The van der Waals surface area contributed by atoms with Gasteiger partial charge in [0.2, 0.25) is 0 Å². The number of carboxylic acid groups (broad SMARTS) is 4. The largest absolute Gasteiger partial charge is 0.478 e. The Balaban J connectivity index is 0.000000823.